The molecule has 0 saturated carbocycles. The molecule has 2 saturated heterocycles. The Labute approximate surface area is 197 Å². The number of nitrogens with one attached hydrogen (secondary N) is 1. The van der Waals surface area contributed by atoms with E-state index in [0.717, 1.165) is 27.6 Å². The summed E-state index contributed by atoms with van der Waals surface area (Å²) in [5.41, 5.74) is 2.07. The minimum atomic E-state index is -1.11. The Bertz CT molecular complexity index is 1240. The largest absolute Gasteiger partial charge is 0.387 e. The van der Waals surface area contributed by atoms with Crippen LogP contribution in [0, 0.1) is 0 Å². The number of hydrogen-bond donors (Lipinski definition) is 3. The highest BCUT2D eigenvalue weighted by atomic mass is 32.2. The Balaban J connectivity index is 1.19. The summed E-state index contributed by atoms with van der Waals surface area (Å²) in [7, 11) is 0. The van der Waals surface area contributed by atoms with Gasteiger partial charge < -0.3 is 25.0 Å². The lowest BCUT2D eigenvalue weighted by atomic mass is 10.1. The van der Waals surface area contributed by atoms with Crippen molar-refractivity contribution in [2.75, 3.05) is 24.3 Å². The number of para-hydroxylation sites is 1. The SMILES string of the molecule is O[C@@H]1[C@@H](CSc2nc3ccccc3s2)OC(n2cnc3c(NC4CCOC4)ncnc32)[C@@H]1O. The topological polar surface area (TPSA) is 127 Å². The number of rotatable bonds is 6. The van der Waals surface area contributed by atoms with Gasteiger partial charge in [-0.3, -0.25) is 4.57 Å². The molecule has 2 aliphatic rings. The van der Waals surface area contributed by atoms with Gasteiger partial charge in [-0.1, -0.05) is 23.9 Å². The van der Waals surface area contributed by atoms with E-state index in [1.807, 2.05) is 24.3 Å². The van der Waals surface area contributed by atoms with Crippen LogP contribution in [0.25, 0.3) is 21.4 Å². The first-order chi connectivity index (χ1) is 16.2. The first kappa shape index (κ1) is 21.2. The van der Waals surface area contributed by atoms with E-state index in [1.165, 1.54) is 18.1 Å². The summed E-state index contributed by atoms with van der Waals surface area (Å²) in [6.07, 6.45) is 0.410. The van der Waals surface area contributed by atoms with Crippen molar-refractivity contribution in [1.82, 2.24) is 24.5 Å². The summed E-state index contributed by atoms with van der Waals surface area (Å²) in [4.78, 5) is 17.7. The summed E-state index contributed by atoms with van der Waals surface area (Å²) >= 11 is 3.11. The maximum atomic E-state index is 10.7. The first-order valence-electron chi connectivity index (χ1n) is 10.7. The minimum absolute atomic E-state index is 0.173. The van der Waals surface area contributed by atoms with Crippen LogP contribution < -0.4 is 5.32 Å². The molecule has 172 valence electrons. The number of fused-ring (bicyclic) bond motifs is 2. The fourth-order valence-corrected chi connectivity index (χ4v) is 6.30. The van der Waals surface area contributed by atoms with Gasteiger partial charge in [0, 0.05) is 12.4 Å². The van der Waals surface area contributed by atoms with Crippen molar-refractivity contribution < 1.29 is 19.7 Å². The zero-order valence-electron chi connectivity index (χ0n) is 17.4. The fraction of sp³-hybridized carbons (Fsp3) is 0.429. The van der Waals surface area contributed by atoms with Crippen molar-refractivity contribution >= 4 is 50.3 Å². The van der Waals surface area contributed by atoms with Gasteiger partial charge in [-0.2, -0.15) is 0 Å². The van der Waals surface area contributed by atoms with Crippen LogP contribution in [-0.4, -0.2) is 78.0 Å². The second-order valence-electron chi connectivity index (χ2n) is 8.06. The number of nitrogens with zero attached hydrogens (tertiary/aromatic N) is 5. The number of imidazole rings is 1. The molecule has 3 aromatic heterocycles. The molecule has 1 aromatic carbocycles. The smallest absolute Gasteiger partial charge is 0.167 e. The van der Waals surface area contributed by atoms with E-state index in [1.54, 1.807) is 22.2 Å². The average Bonchev–Trinajstić information content (AvgIpc) is 3.61. The van der Waals surface area contributed by atoms with Crippen molar-refractivity contribution in [3.63, 3.8) is 0 Å². The van der Waals surface area contributed by atoms with E-state index < -0.39 is 24.5 Å². The Hall–Kier alpha value is -2.35. The Morgan fingerprint density at radius 3 is 2.94 bits per heavy atom. The molecule has 10 nitrogen and oxygen atoms in total. The molecule has 5 atom stereocenters. The second-order valence-corrected chi connectivity index (χ2v) is 10.4. The third kappa shape index (κ3) is 3.96. The van der Waals surface area contributed by atoms with Crippen molar-refractivity contribution in [2.24, 2.45) is 0 Å². The van der Waals surface area contributed by atoms with Crippen molar-refractivity contribution in [3.05, 3.63) is 36.9 Å². The molecule has 12 heteroatoms. The number of thioether (sulfide) groups is 1. The third-order valence-corrected chi connectivity index (χ3v) is 8.15. The molecule has 0 bridgehead atoms. The highest BCUT2D eigenvalue weighted by Gasteiger charge is 2.44. The van der Waals surface area contributed by atoms with Gasteiger partial charge in [0.05, 0.1) is 35.3 Å². The van der Waals surface area contributed by atoms with Gasteiger partial charge in [-0.25, -0.2) is 19.9 Å². The van der Waals surface area contributed by atoms with Crippen LogP contribution in [0.4, 0.5) is 5.82 Å². The highest BCUT2D eigenvalue weighted by molar-refractivity contribution is 8.01. The number of anilines is 1. The molecular weight excluding hydrogens is 464 g/mol. The predicted molar refractivity (Wildman–Crippen MR) is 124 cm³/mol. The van der Waals surface area contributed by atoms with Gasteiger partial charge in [-0.05, 0) is 18.6 Å². The van der Waals surface area contributed by atoms with Crippen molar-refractivity contribution in [2.45, 2.75) is 41.3 Å². The quantitative estimate of drug-likeness (QED) is 0.348. The summed E-state index contributed by atoms with van der Waals surface area (Å²) in [6, 6.07) is 8.13. The molecule has 33 heavy (non-hydrogen) atoms. The molecular formula is C21H22N6O4S2. The van der Waals surface area contributed by atoms with E-state index in [-0.39, 0.29) is 6.04 Å². The lowest BCUT2D eigenvalue weighted by Crippen LogP contribution is -2.32. The summed E-state index contributed by atoms with van der Waals surface area (Å²) in [6.45, 7) is 1.34. The monoisotopic (exact) mass is 486 g/mol. The van der Waals surface area contributed by atoms with Gasteiger partial charge in [0.25, 0.3) is 0 Å². The van der Waals surface area contributed by atoms with Crippen LogP contribution in [0.2, 0.25) is 0 Å². The van der Waals surface area contributed by atoms with E-state index in [9.17, 15) is 10.2 Å². The van der Waals surface area contributed by atoms with Gasteiger partial charge in [0.1, 0.15) is 18.5 Å². The maximum absolute atomic E-state index is 10.7. The molecule has 2 fully saturated rings. The molecule has 2 aliphatic heterocycles. The maximum Gasteiger partial charge on any atom is 0.167 e. The van der Waals surface area contributed by atoms with Gasteiger partial charge in [0.2, 0.25) is 0 Å². The lowest BCUT2D eigenvalue weighted by Gasteiger charge is -2.17. The number of aromatic nitrogens is 5. The van der Waals surface area contributed by atoms with Gasteiger partial charge >= 0.3 is 0 Å². The van der Waals surface area contributed by atoms with Gasteiger partial charge in [-0.15, -0.1) is 11.3 Å². The first-order valence-corrected chi connectivity index (χ1v) is 12.5. The molecule has 3 N–H and O–H groups in total. The lowest BCUT2D eigenvalue weighted by molar-refractivity contribution is -0.0289. The molecule has 0 radical (unpaired) electrons. The fourth-order valence-electron chi connectivity index (χ4n) is 4.15. The number of aliphatic hydroxyl groups excluding tert-OH is 2. The van der Waals surface area contributed by atoms with Crippen LogP contribution in [0.3, 0.4) is 0 Å². The number of ether oxygens (including phenoxy) is 2. The third-order valence-electron chi connectivity index (χ3n) is 5.89. The highest BCUT2D eigenvalue weighted by Crippen LogP contribution is 2.36. The van der Waals surface area contributed by atoms with Crippen LogP contribution >= 0.6 is 23.1 Å². The average molecular weight is 487 g/mol. The molecule has 6 rings (SSSR count). The van der Waals surface area contributed by atoms with Gasteiger partial charge in [0.15, 0.2) is 27.5 Å². The number of thiazole rings is 1. The molecule has 0 aliphatic carbocycles. The summed E-state index contributed by atoms with van der Waals surface area (Å²) in [5, 5.41) is 24.8. The number of hydrogen-bond acceptors (Lipinski definition) is 11. The van der Waals surface area contributed by atoms with Crippen LogP contribution in [0.5, 0.6) is 0 Å². The predicted octanol–water partition coefficient (Wildman–Crippen LogP) is 2.05. The van der Waals surface area contributed by atoms with Crippen LogP contribution in [0.15, 0.2) is 41.3 Å². The number of benzene rings is 1. The van der Waals surface area contributed by atoms with E-state index in [2.05, 4.69) is 25.3 Å². The van der Waals surface area contributed by atoms with Crippen LogP contribution in [0.1, 0.15) is 12.6 Å². The van der Waals surface area contributed by atoms with Crippen LogP contribution in [-0.2, 0) is 9.47 Å². The van der Waals surface area contributed by atoms with Crippen molar-refractivity contribution in [1.29, 1.82) is 0 Å². The second kappa shape index (κ2) is 8.78. The molecule has 2 unspecified atom stereocenters. The standard InChI is InChI=1S/C21H22N6O4S2/c28-16-13(8-32-21-26-12-3-1-2-4-14(12)33-21)31-20(17(16)29)27-10-24-15-18(22-9-23-19(15)27)25-11-5-6-30-7-11/h1-4,9-11,13,16-17,20,28-29H,5-8H2,(H,22,23,25)/t11?,13-,16-,17-,20?/m1/s1. The zero-order valence-corrected chi connectivity index (χ0v) is 19.1. The minimum Gasteiger partial charge on any atom is -0.387 e. The molecule has 0 spiro atoms. The summed E-state index contributed by atoms with van der Waals surface area (Å²) < 4.78 is 15.2. The molecule has 5 heterocycles. The van der Waals surface area contributed by atoms with E-state index in [0.29, 0.717) is 29.3 Å². The number of aliphatic hydroxyl groups is 2. The molecule has 0 amide bonds. The Morgan fingerprint density at radius 1 is 1.18 bits per heavy atom. The van der Waals surface area contributed by atoms with E-state index >= 15 is 0 Å². The zero-order chi connectivity index (χ0) is 22.4. The summed E-state index contributed by atoms with van der Waals surface area (Å²) in [5.74, 6) is 1.08. The normalized spacial score (nSPS) is 27.6. The Morgan fingerprint density at radius 2 is 2.09 bits per heavy atom. The van der Waals surface area contributed by atoms with Crippen molar-refractivity contribution in [3.8, 4) is 0 Å². The van der Waals surface area contributed by atoms with E-state index in [4.69, 9.17) is 9.47 Å². The Kier molecular flexibility index (Phi) is 5.64. The molecule has 4 aromatic rings.